The van der Waals surface area contributed by atoms with Crippen molar-refractivity contribution in [2.24, 2.45) is 0 Å². The van der Waals surface area contributed by atoms with E-state index in [0.717, 1.165) is 43.5 Å². The predicted octanol–water partition coefficient (Wildman–Crippen LogP) is 7.55. The van der Waals surface area contributed by atoms with E-state index in [1.807, 2.05) is 97.9 Å². The van der Waals surface area contributed by atoms with Crippen molar-refractivity contribution in [1.82, 2.24) is 14.8 Å². The van der Waals surface area contributed by atoms with E-state index in [2.05, 4.69) is 48.1 Å². The maximum absolute atomic E-state index is 12.7. The molecule has 1 heterocycles. The molecule has 0 saturated carbocycles. The van der Waals surface area contributed by atoms with Gasteiger partial charge in [0.05, 0.1) is 0 Å². The number of carbonyl (C=O) groups is 1. The highest BCUT2D eigenvalue weighted by Crippen LogP contribution is 2.30. The monoisotopic (exact) mass is 554 g/mol. The molecule has 5 nitrogen and oxygen atoms in total. The Bertz CT molecular complexity index is 1480. The number of aryl methyl sites for hydroxylation is 1. The molecule has 0 spiro atoms. The van der Waals surface area contributed by atoms with Crippen molar-refractivity contribution in [3.63, 3.8) is 0 Å². The summed E-state index contributed by atoms with van der Waals surface area (Å²) in [6.07, 6.45) is 0. The summed E-state index contributed by atoms with van der Waals surface area (Å²) < 4.78 is 3.10. The average Bonchev–Trinajstić information content (AvgIpc) is 3.34. The van der Waals surface area contributed by atoms with Gasteiger partial charge in [0.25, 0.3) is 5.91 Å². The highest BCUT2D eigenvalue weighted by atomic mass is 79.9. The van der Waals surface area contributed by atoms with Gasteiger partial charge in [-0.05, 0) is 60.5 Å². The molecule has 1 amide bonds. The number of benzene rings is 4. The summed E-state index contributed by atoms with van der Waals surface area (Å²) in [4.78, 5) is 12.7. The van der Waals surface area contributed by atoms with Crippen LogP contribution in [0.4, 0.5) is 5.69 Å². The zero-order valence-electron chi connectivity index (χ0n) is 19.6. The van der Waals surface area contributed by atoms with Gasteiger partial charge >= 0.3 is 0 Å². The molecule has 0 radical (unpaired) electrons. The third kappa shape index (κ3) is 5.42. The van der Waals surface area contributed by atoms with E-state index in [-0.39, 0.29) is 5.91 Å². The van der Waals surface area contributed by atoms with Crippen molar-refractivity contribution >= 4 is 39.3 Å². The summed E-state index contributed by atoms with van der Waals surface area (Å²) in [5.41, 5.74) is 5.57. The molecule has 4 aromatic carbocycles. The van der Waals surface area contributed by atoms with E-state index in [1.165, 1.54) is 0 Å². The van der Waals surface area contributed by atoms with Crippen LogP contribution in [-0.4, -0.2) is 20.7 Å². The summed E-state index contributed by atoms with van der Waals surface area (Å²) in [7, 11) is 0. The fraction of sp³-hybridized carbons (Fsp3) is 0.0690. The molecule has 5 rings (SSSR count). The van der Waals surface area contributed by atoms with E-state index in [0.29, 0.717) is 11.3 Å². The van der Waals surface area contributed by atoms with Crippen molar-refractivity contribution in [3.05, 3.63) is 124 Å². The Morgan fingerprint density at radius 2 is 1.56 bits per heavy atom. The first-order chi connectivity index (χ1) is 17.6. The molecule has 5 aromatic rings. The summed E-state index contributed by atoms with van der Waals surface area (Å²) in [5.74, 6) is 1.37. The second-order valence-electron chi connectivity index (χ2n) is 8.24. The molecule has 0 bridgehead atoms. The van der Waals surface area contributed by atoms with Crippen LogP contribution in [0.1, 0.15) is 21.5 Å². The number of thioether (sulfide) groups is 1. The quantitative estimate of drug-likeness (QED) is 0.211. The Morgan fingerprint density at radius 1 is 0.861 bits per heavy atom. The number of hydrogen-bond donors (Lipinski definition) is 1. The maximum Gasteiger partial charge on any atom is 0.255 e. The molecule has 0 unspecified atom stereocenters. The molecule has 0 aliphatic heterocycles. The minimum Gasteiger partial charge on any atom is -0.322 e. The lowest BCUT2D eigenvalue weighted by atomic mass is 10.1. The topological polar surface area (TPSA) is 59.8 Å². The maximum atomic E-state index is 12.7. The zero-order chi connectivity index (χ0) is 24.9. The standard InChI is InChI=1S/C29H23BrN4OS/c1-20-7-5-6-10-26(20)31-28(35)23-13-11-21(12-14-23)19-36-29-33-32-27(22-15-17-24(30)18-16-22)34(29)25-8-3-2-4-9-25/h2-18H,19H2,1H3,(H,31,35). The van der Waals surface area contributed by atoms with Crippen LogP contribution in [0.15, 0.2) is 113 Å². The molecule has 0 aliphatic carbocycles. The van der Waals surface area contributed by atoms with Gasteiger partial charge in [0.15, 0.2) is 11.0 Å². The van der Waals surface area contributed by atoms with Gasteiger partial charge in [-0.3, -0.25) is 9.36 Å². The summed E-state index contributed by atoms with van der Waals surface area (Å²) in [5, 5.41) is 12.8. The number of aromatic nitrogens is 3. The van der Waals surface area contributed by atoms with Crippen LogP contribution >= 0.6 is 27.7 Å². The van der Waals surface area contributed by atoms with Crippen LogP contribution in [-0.2, 0) is 5.75 Å². The van der Waals surface area contributed by atoms with Gasteiger partial charge in [0, 0.05) is 32.7 Å². The van der Waals surface area contributed by atoms with Crippen molar-refractivity contribution in [3.8, 4) is 17.1 Å². The number of para-hydroxylation sites is 2. The molecule has 0 atom stereocenters. The minimum atomic E-state index is -0.119. The van der Waals surface area contributed by atoms with Gasteiger partial charge in [0.2, 0.25) is 0 Å². The van der Waals surface area contributed by atoms with Crippen LogP contribution in [0.25, 0.3) is 17.1 Å². The van der Waals surface area contributed by atoms with E-state index < -0.39 is 0 Å². The highest BCUT2D eigenvalue weighted by Gasteiger charge is 2.16. The van der Waals surface area contributed by atoms with E-state index in [4.69, 9.17) is 0 Å². The van der Waals surface area contributed by atoms with E-state index in [1.54, 1.807) is 11.8 Å². The minimum absolute atomic E-state index is 0.119. The first-order valence-corrected chi connectivity index (χ1v) is 13.2. The molecule has 1 N–H and O–H groups in total. The number of amides is 1. The lowest BCUT2D eigenvalue weighted by Gasteiger charge is -2.11. The molecule has 7 heteroatoms. The van der Waals surface area contributed by atoms with Crippen LogP contribution < -0.4 is 5.32 Å². The van der Waals surface area contributed by atoms with Gasteiger partial charge in [-0.2, -0.15) is 0 Å². The highest BCUT2D eigenvalue weighted by molar-refractivity contribution is 9.10. The SMILES string of the molecule is Cc1ccccc1NC(=O)c1ccc(CSc2nnc(-c3ccc(Br)cc3)n2-c2ccccc2)cc1. The molecule has 1 aromatic heterocycles. The predicted molar refractivity (Wildman–Crippen MR) is 150 cm³/mol. The summed E-state index contributed by atoms with van der Waals surface area (Å²) >= 11 is 5.11. The van der Waals surface area contributed by atoms with Crippen molar-refractivity contribution in [1.29, 1.82) is 0 Å². The second-order valence-corrected chi connectivity index (χ2v) is 10.1. The molecule has 0 saturated heterocycles. The number of nitrogens with one attached hydrogen (secondary N) is 1. The number of halogens is 1. The average molecular weight is 556 g/mol. The van der Waals surface area contributed by atoms with Gasteiger partial charge in [-0.15, -0.1) is 10.2 Å². The first kappa shape index (κ1) is 24.0. The number of anilines is 1. The third-order valence-corrected chi connectivity index (χ3v) is 7.26. The van der Waals surface area contributed by atoms with Crippen molar-refractivity contribution < 1.29 is 4.79 Å². The van der Waals surface area contributed by atoms with Crippen molar-refractivity contribution in [2.75, 3.05) is 5.32 Å². The Labute approximate surface area is 222 Å². The molecular formula is C29H23BrN4OS. The van der Waals surface area contributed by atoms with Crippen LogP contribution in [0.2, 0.25) is 0 Å². The lowest BCUT2D eigenvalue weighted by molar-refractivity contribution is 0.102. The number of hydrogen-bond acceptors (Lipinski definition) is 4. The Balaban J connectivity index is 1.34. The summed E-state index contributed by atoms with van der Waals surface area (Å²) in [6, 6.07) is 33.6. The van der Waals surface area contributed by atoms with Gasteiger partial charge < -0.3 is 5.32 Å². The Morgan fingerprint density at radius 3 is 2.28 bits per heavy atom. The number of carbonyl (C=O) groups excluding carboxylic acids is 1. The Hall–Kier alpha value is -3.68. The molecule has 178 valence electrons. The fourth-order valence-electron chi connectivity index (χ4n) is 3.77. The van der Waals surface area contributed by atoms with Crippen molar-refractivity contribution in [2.45, 2.75) is 17.8 Å². The Kier molecular flexibility index (Phi) is 7.30. The van der Waals surface area contributed by atoms with Crippen LogP contribution in [0.3, 0.4) is 0 Å². The summed E-state index contributed by atoms with van der Waals surface area (Å²) in [6.45, 7) is 1.98. The molecule has 0 fully saturated rings. The van der Waals surface area contributed by atoms with Gasteiger partial charge in [-0.25, -0.2) is 0 Å². The molecular weight excluding hydrogens is 532 g/mol. The van der Waals surface area contributed by atoms with E-state index in [9.17, 15) is 4.79 Å². The van der Waals surface area contributed by atoms with Crippen LogP contribution in [0.5, 0.6) is 0 Å². The number of nitrogens with zero attached hydrogens (tertiary/aromatic N) is 3. The van der Waals surface area contributed by atoms with Gasteiger partial charge in [0.1, 0.15) is 0 Å². The lowest BCUT2D eigenvalue weighted by Crippen LogP contribution is -2.12. The normalized spacial score (nSPS) is 10.8. The molecule has 0 aliphatic rings. The smallest absolute Gasteiger partial charge is 0.255 e. The third-order valence-electron chi connectivity index (χ3n) is 5.73. The second kappa shape index (κ2) is 10.9. The fourth-order valence-corrected chi connectivity index (χ4v) is 4.94. The van der Waals surface area contributed by atoms with Gasteiger partial charge in [-0.1, -0.05) is 88.4 Å². The largest absolute Gasteiger partial charge is 0.322 e. The first-order valence-electron chi connectivity index (χ1n) is 11.4. The zero-order valence-corrected chi connectivity index (χ0v) is 22.0. The number of rotatable bonds is 7. The van der Waals surface area contributed by atoms with Crippen LogP contribution in [0, 0.1) is 6.92 Å². The molecule has 36 heavy (non-hydrogen) atoms. The van der Waals surface area contributed by atoms with E-state index >= 15 is 0 Å².